The van der Waals surface area contributed by atoms with Gasteiger partial charge in [-0.2, -0.15) is 15.0 Å². The van der Waals surface area contributed by atoms with Crippen LogP contribution in [0.2, 0.25) is 5.28 Å². The Balaban J connectivity index is 2.10. The second-order valence-electron chi connectivity index (χ2n) is 4.90. The summed E-state index contributed by atoms with van der Waals surface area (Å²) in [4.78, 5) is 16.1. The zero-order chi connectivity index (χ0) is 15.2. The molecule has 0 aliphatic carbocycles. The van der Waals surface area contributed by atoms with Crippen molar-refractivity contribution in [2.45, 2.75) is 32.7 Å². The van der Waals surface area contributed by atoms with Crippen LogP contribution in [0.25, 0.3) is 0 Å². The van der Waals surface area contributed by atoms with Crippen molar-refractivity contribution in [3.8, 4) is 0 Å². The molecule has 2 aromatic rings. The Kier molecular flexibility index (Phi) is 5.76. The van der Waals surface area contributed by atoms with Crippen LogP contribution < -0.4 is 10.2 Å². The summed E-state index contributed by atoms with van der Waals surface area (Å²) < 4.78 is 0. The van der Waals surface area contributed by atoms with Gasteiger partial charge in [0, 0.05) is 30.9 Å². The number of aromatic nitrogens is 3. The van der Waals surface area contributed by atoms with E-state index in [-0.39, 0.29) is 11.3 Å². The normalized spacial score (nSPS) is 12.2. The molecule has 0 radical (unpaired) electrons. The van der Waals surface area contributed by atoms with Crippen molar-refractivity contribution in [3.63, 3.8) is 0 Å². The second kappa shape index (κ2) is 7.56. The van der Waals surface area contributed by atoms with Crippen LogP contribution >= 0.6 is 22.9 Å². The monoisotopic (exact) mass is 325 g/mol. The summed E-state index contributed by atoms with van der Waals surface area (Å²) in [7, 11) is 1.98. The Bertz CT molecular complexity index is 560. The van der Waals surface area contributed by atoms with Gasteiger partial charge in [-0.25, -0.2) is 0 Å². The highest BCUT2D eigenvalue weighted by atomic mass is 35.5. The van der Waals surface area contributed by atoms with Crippen LogP contribution in [0, 0.1) is 0 Å². The third kappa shape index (κ3) is 4.54. The molecule has 1 atom stereocenters. The summed E-state index contributed by atoms with van der Waals surface area (Å²) in [5.74, 6) is 1.12. The maximum absolute atomic E-state index is 5.99. The van der Waals surface area contributed by atoms with Gasteiger partial charge in [-0.3, -0.25) is 0 Å². The summed E-state index contributed by atoms with van der Waals surface area (Å²) >= 11 is 7.76. The number of likely N-dealkylation sites (N-methyl/N-ethyl adjacent to an activating group) is 1. The van der Waals surface area contributed by atoms with E-state index in [2.05, 4.69) is 51.6 Å². The number of hydrogen-bond acceptors (Lipinski definition) is 6. The number of anilines is 2. The van der Waals surface area contributed by atoms with E-state index in [9.17, 15) is 0 Å². The van der Waals surface area contributed by atoms with Crippen LogP contribution in [0.3, 0.4) is 0 Å². The first-order chi connectivity index (χ1) is 10.1. The molecule has 114 valence electrons. The highest BCUT2D eigenvalue weighted by Gasteiger charge is 2.16. The number of thiophene rings is 1. The highest BCUT2D eigenvalue weighted by Crippen LogP contribution is 2.18. The van der Waals surface area contributed by atoms with Crippen molar-refractivity contribution in [1.82, 2.24) is 15.0 Å². The summed E-state index contributed by atoms with van der Waals surface area (Å²) in [6, 6.07) is 4.49. The average molecular weight is 326 g/mol. The molecule has 0 saturated heterocycles. The molecule has 0 amide bonds. The molecule has 0 aliphatic rings. The lowest BCUT2D eigenvalue weighted by Gasteiger charge is -2.24. The standard InChI is InChI=1S/C14H20ClN5S/c1-4-7-16-13-17-12(15)18-14(19-13)20(3)10(2)9-11-6-5-8-21-11/h5-6,8,10H,4,7,9H2,1-3H3,(H,16,17,18,19). The van der Waals surface area contributed by atoms with Gasteiger partial charge >= 0.3 is 0 Å². The first-order valence-corrected chi connectivity index (χ1v) is 8.26. The van der Waals surface area contributed by atoms with Gasteiger partial charge in [0.15, 0.2) is 0 Å². The Morgan fingerprint density at radius 2 is 2.19 bits per heavy atom. The number of nitrogens with one attached hydrogen (secondary N) is 1. The lowest BCUT2D eigenvalue weighted by atomic mass is 10.2. The Labute approximate surface area is 134 Å². The Morgan fingerprint density at radius 3 is 2.86 bits per heavy atom. The highest BCUT2D eigenvalue weighted by molar-refractivity contribution is 7.09. The largest absolute Gasteiger partial charge is 0.354 e. The van der Waals surface area contributed by atoms with Crippen LogP contribution in [0.1, 0.15) is 25.1 Å². The maximum Gasteiger partial charge on any atom is 0.231 e. The van der Waals surface area contributed by atoms with Crippen molar-refractivity contribution in [2.24, 2.45) is 0 Å². The van der Waals surface area contributed by atoms with Crippen molar-refractivity contribution >= 4 is 34.8 Å². The Morgan fingerprint density at radius 1 is 1.38 bits per heavy atom. The molecule has 1 N–H and O–H groups in total. The fourth-order valence-corrected chi connectivity index (χ4v) is 2.85. The quantitative estimate of drug-likeness (QED) is 0.844. The topological polar surface area (TPSA) is 53.9 Å². The fraction of sp³-hybridized carbons (Fsp3) is 0.500. The van der Waals surface area contributed by atoms with E-state index in [0.717, 1.165) is 19.4 Å². The van der Waals surface area contributed by atoms with Gasteiger partial charge in [0.2, 0.25) is 17.2 Å². The lowest BCUT2D eigenvalue weighted by molar-refractivity contribution is 0.668. The van der Waals surface area contributed by atoms with Crippen LogP contribution in [-0.4, -0.2) is 34.6 Å². The minimum Gasteiger partial charge on any atom is -0.354 e. The summed E-state index contributed by atoms with van der Waals surface area (Å²) in [5, 5.41) is 5.45. The van der Waals surface area contributed by atoms with Crippen molar-refractivity contribution in [3.05, 3.63) is 27.7 Å². The van der Waals surface area contributed by atoms with E-state index in [1.165, 1.54) is 4.88 Å². The van der Waals surface area contributed by atoms with Crippen molar-refractivity contribution < 1.29 is 0 Å². The molecular formula is C14H20ClN5S. The number of hydrogen-bond donors (Lipinski definition) is 1. The molecule has 7 heteroatoms. The van der Waals surface area contributed by atoms with Crippen LogP contribution in [-0.2, 0) is 6.42 Å². The van der Waals surface area contributed by atoms with Gasteiger partial charge in [0.25, 0.3) is 0 Å². The minimum absolute atomic E-state index is 0.216. The zero-order valence-corrected chi connectivity index (χ0v) is 14.1. The van der Waals surface area contributed by atoms with Crippen LogP contribution in [0.4, 0.5) is 11.9 Å². The molecule has 0 bridgehead atoms. The third-order valence-corrected chi connectivity index (χ3v) is 4.25. The van der Waals surface area contributed by atoms with Gasteiger partial charge in [0.1, 0.15) is 0 Å². The third-order valence-electron chi connectivity index (χ3n) is 3.18. The molecule has 0 spiro atoms. The van der Waals surface area contributed by atoms with Crippen LogP contribution in [0.15, 0.2) is 17.5 Å². The molecule has 0 saturated carbocycles. The minimum atomic E-state index is 0.216. The lowest BCUT2D eigenvalue weighted by Crippen LogP contribution is -2.32. The molecule has 0 aromatic carbocycles. The summed E-state index contributed by atoms with van der Waals surface area (Å²) in [6.45, 7) is 5.05. The van der Waals surface area contributed by atoms with E-state index in [1.54, 1.807) is 11.3 Å². The number of nitrogens with zero attached hydrogens (tertiary/aromatic N) is 4. The average Bonchev–Trinajstić information content (AvgIpc) is 2.96. The van der Waals surface area contributed by atoms with Crippen LogP contribution in [0.5, 0.6) is 0 Å². The SMILES string of the molecule is CCCNc1nc(Cl)nc(N(C)C(C)Cc2cccs2)n1. The Hall–Kier alpha value is -1.40. The predicted molar refractivity (Wildman–Crippen MR) is 89.5 cm³/mol. The molecule has 21 heavy (non-hydrogen) atoms. The molecule has 1 unspecified atom stereocenters. The zero-order valence-electron chi connectivity index (χ0n) is 12.5. The molecule has 5 nitrogen and oxygen atoms in total. The fourth-order valence-electron chi connectivity index (χ4n) is 1.87. The maximum atomic E-state index is 5.99. The van der Waals surface area contributed by atoms with Gasteiger partial charge in [-0.15, -0.1) is 11.3 Å². The smallest absolute Gasteiger partial charge is 0.231 e. The molecule has 0 fully saturated rings. The summed E-state index contributed by atoms with van der Waals surface area (Å²) in [6.07, 6.45) is 1.96. The van der Waals surface area contributed by atoms with Gasteiger partial charge in [0.05, 0.1) is 0 Å². The van der Waals surface area contributed by atoms with E-state index in [0.29, 0.717) is 11.9 Å². The number of rotatable bonds is 7. The van der Waals surface area contributed by atoms with E-state index >= 15 is 0 Å². The van der Waals surface area contributed by atoms with E-state index in [1.807, 2.05) is 11.9 Å². The van der Waals surface area contributed by atoms with E-state index < -0.39 is 0 Å². The number of halogens is 1. The molecule has 2 heterocycles. The van der Waals surface area contributed by atoms with Gasteiger partial charge < -0.3 is 10.2 Å². The van der Waals surface area contributed by atoms with Crippen molar-refractivity contribution in [1.29, 1.82) is 0 Å². The molecule has 2 rings (SSSR count). The first kappa shape index (κ1) is 16.0. The van der Waals surface area contributed by atoms with E-state index in [4.69, 9.17) is 11.6 Å². The molecule has 2 aromatic heterocycles. The molecule has 0 aliphatic heterocycles. The summed E-state index contributed by atoms with van der Waals surface area (Å²) in [5.41, 5.74) is 0. The first-order valence-electron chi connectivity index (χ1n) is 7.00. The molecular weight excluding hydrogens is 306 g/mol. The van der Waals surface area contributed by atoms with Gasteiger partial charge in [-0.05, 0) is 36.4 Å². The van der Waals surface area contributed by atoms with Gasteiger partial charge in [-0.1, -0.05) is 13.0 Å². The predicted octanol–water partition coefficient (Wildman–Crippen LogP) is 3.48. The van der Waals surface area contributed by atoms with Crippen molar-refractivity contribution in [2.75, 3.05) is 23.8 Å². The second-order valence-corrected chi connectivity index (χ2v) is 6.27.